The van der Waals surface area contributed by atoms with Crippen LogP contribution < -0.4 is 0 Å². The largest absolute Gasteiger partial charge is 0.203 e. The summed E-state index contributed by atoms with van der Waals surface area (Å²) in [7, 11) is 0. The van der Waals surface area contributed by atoms with E-state index in [0.717, 1.165) is 16.5 Å². The Hall–Kier alpha value is -2.22. The first-order valence-corrected chi connectivity index (χ1v) is 6.51. The lowest BCUT2D eigenvalue weighted by molar-refractivity contribution is 0.511. The van der Waals surface area contributed by atoms with Gasteiger partial charge in [0.2, 0.25) is 0 Å². The highest BCUT2D eigenvalue weighted by atomic mass is 19.2. The Balaban J connectivity index is 2.22. The van der Waals surface area contributed by atoms with Gasteiger partial charge in [-0.1, -0.05) is 42.0 Å². The minimum Gasteiger partial charge on any atom is -0.203 e. The van der Waals surface area contributed by atoms with Gasteiger partial charge in [0.1, 0.15) is 0 Å². The van der Waals surface area contributed by atoms with E-state index < -0.39 is 11.6 Å². The summed E-state index contributed by atoms with van der Waals surface area (Å²) in [5.41, 5.74) is 3.39. The molecule has 3 rings (SSSR count). The van der Waals surface area contributed by atoms with Crippen LogP contribution in [-0.4, -0.2) is 0 Å². The maximum atomic E-state index is 14.0. The van der Waals surface area contributed by atoms with Crippen LogP contribution in [0.2, 0.25) is 0 Å². The van der Waals surface area contributed by atoms with Crippen LogP contribution in [0.5, 0.6) is 0 Å². The van der Waals surface area contributed by atoms with Gasteiger partial charge in [0.15, 0.2) is 11.6 Å². The van der Waals surface area contributed by atoms with Crippen molar-refractivity contribution >= 4 is 10.8 Å². The molecule has 0 fully saturated rings. The highest BCUT2D eigenvalue weighted by Gasteiger charge is 2.11. The zero-order chi connectivity index (χ0) is 14.3. The molecule has 3 aromatic carbocycles. The van der Waals surface area contributed by atoms with E-state index >= 15 is 0 Å². The van der Waals surface area contributed by atoms with Gasteiger partial charge in [-0.25, -0.2) is 8.78 Å². The molecule has 0 aromatic heterocycles. The standard InChI is InChI=1S/C18H14F2/c1-11-3-5-13(6-4-11)14-7-8-15-9-12(2)17(19)18(20)16(15)10-14/h3-10H,1-2H3. The summed E-state index contributed by atoms with van der Waals surface area (Å²) < 4.78 is 27.7. The molecule has 0 heterocycles. The van der Waals surface area contributed by atoms with Crippen molar-refractivity contribution in [3.05, 3.63) is 71.3 Å². The van der Waals surface area contributed by atoms with Gasteiger partial charge >= 0.3 is 0 Å². The van der Waals surface area contributed by atoms with Crippen LogP contribution in [0.15, 0.2) is 48.5 Å². The minimum atomic E-state index is -0.769. The molecule has 0 aliphatic heterocycles. The van der Waals surface area contributed by atoms with Crippen LogP contribution in [0.1, 0.15) is 11.1 Å². The molecular weight excluding hydrogens is 254 g/mol. The maximum absolute atomic E-state index is 14.0. The Bertz CT molecular complexity index is 787. The average molecular weight is 268 g/mol. The van der Waals surface area contributed by atoms with Crippen LogP contribution in [0, 0.1) is 25.5 Å². The lowest BCUT2D eigenvalue weighted by Crippen LogP contribution is -1.91. The molecular formula is C18H14F2. The van der Waals surface area contributed by atoms with E-state index in [2.05, 4.69) is 0 Å². The Morgan fingerprint density at radius 1 is 0.700 bits per heavy atom. The third kappa shape index (κ3) is 2.07. The van der Waals surface area contributed by atoms with Gasteiger partial charge in [0.25, 0.3) is 0 Å². The summed E-state index contributed by atoms with van der Waals surface area (Å²) in [6.07, 6.45) is 0. The fourth-order valence-electron chi connectivity index (χ4n) is 2.39. The topological polar surface area (TPSA) is 0 Å². The van der Waals surface area contributed by atoms with E-state index in [1.165, 1.54) is 5.56 Å². The molecule has 0 radical (unpaired) electrons. The zero-order valence-electron chi connectivity index (χ0n) is 11.4. The predicted molar refractivity (Wildman–Crippen MR) is 78.8 cm³/mol. The van der Waals surface area contributed by atoms with Gasteiger partial charge in [-0.05, 0) is 48.1 Å². The lowest BCUT2D eigenvalue weighted by atomic mass is 9.99. The predicted octanol–water partition coefficient (Wildman–Crippen LogP) is 5.40. The second-order valence-electron chi connectivity index (χ2n) is 5.12. The zero-order valence-corrected chi connectivity index (χ0v) is 11.4. The van der Waals surface area contributed by atoms with E-state index in [0.29, 0.717) is 10.9 Å². The highest BCUT2D eigenvalue weighted by molar-refractivity contribution is 5.88. The molecule has 0 spiro atoms. The molecule has 100 valence electrons. The van der Waals surface area contributed by atoms with Gasteiger partial charge in [0.05, 0.1) is 0 Å². The van der Waals surface area contributed by atoms with E-state index in [9.17, 15) is 8.78 Å². The normalized spacial score (nSPS) is 11.0. The van der Waals surface area contributed by atoms with E-state index in [1.807, 2.05) is 43.3 Å². The molecule has 0 bridgehead atoms. The van der Waals surface area contributed by atoms with Gasteiger partial charge in [-0.15, -0.1) is 0 Å². The van der Waals surface area contributed by atoms with Gasteiger partial charge < -0.3 is 0 Å². The number of hydrogen-bond acceptors (Lipinski definition) is 0. The summed E-state index contributed by atoms with van der Waals surface area (Å²) in [6, 6.07) is 15.1. The molecule has 0 saturated carbocycles. The summed E-state index contributed by atoms with van der Waals surface area (Å²) in [6.45, 7) is 3.59. The molecule has 2 heteroatoms. The van der Waals surface area contributed by atoms with Crippen LogP contribution in [-0.2, 0) is 0 Å². The molecule has 0 atom stereocenters. The first kappa shape index (κ1) is 12.8. The fraction of sp³-hybridized carbons (Fsp3) is 0.111. The van der Waals surface area contributed by atoms with Crippen LogP contribution in [0.25, 0.3) is 21.9 Å². The van der Waals surface area contributed by atoms with Crippen molar-refractivity contribution in [2.45, 2.75) is 13.8 Å². The number of rotatable bonds is 1. The SMILES string of the molecule is Cc1ccc(-c2ccc3cc(C)c(F)c(F)c3c2)cc1. The Morgan fingerprint density at radius 3 is 2.05 bits per heavy atom. The van der Waals surface area contributed by atoms with Crippen molar-refractivity contribution in [3.8, 4) is 11.1 Å². The molecule has 20 heavy (non-hydrogen) atoms. The van der Waals surface area contributed by atoms with Crippen molar-refractivity contribution < 1.29 is 8.78 Å². The van der Waals surface area contributed by atoms with Crippen molar-refractivity contribution in [2.24, 2.45) is 0 Å². The summed E-state index contributed by atoms with van der Waals surface area (Å²) in [5.74, 6) is -1.53. The second-order valence-corrected chi connectivity index (χ2v) is 5.12. The highest BCUT2D eigenvalue weighted by Crippen LogP contribution is 2.28. The van der Waals surface area contributed by atoms with Crippen molar-refractivity contribution in [1.82, 2.24) is 0 Å². The summed E-state index contributed by atoms with van der Waals surface area (Å²) >= 11 is 0. The van der Waals surface area contributed by atoms with Crippen molar-refractivity contribution in [1.29, 1.82) is 0 Å². The first-order valence-electron chi connectivity index (χ1n) is 6.51. The molecule has 0 unspecified atom stereocenters. The first-order chi connectivity index (χ1) is 9.56. The number of aryl methyl sites for hydroxylation is 2. The molecule has 3 aromatic rings. The number of hydrogen-bond donors (Lipinski definition) is 0. The van der Waals surface area contributed by atoms with Crippen LogP contribution in [0.3, 0.4) is 0 Å². The smallest absolute Gasteiger partial charge is 0.166 e. The Labute approximate surface area is 116 Å². The molecule has 0 nitrogen and oxygen atoms in total. The van der Waals surface area contributed by atoms with Gasteiger partial charge in [-0.2, -0.15) is 0 Å². The van der Waals surface area contributed by atoms with E-state index in [-0.39, 0.29) is 0 Å². The number of benzene rings is 3. The summed E-state index contributed by atoms with van der Waals surface area (Å²) in [4.78, 5) is 0. The fourth-order valence-corrected chi connectivity index (χ4v) is 2.39. The Kier molecular flexibility index (Phi) is 3.01. The molecule has 0 aliphatic carbocycles. The monoisotopic (exact) mass is 268 g/mol. The van der Waals surface area contributed by atoms with Crippen LogP contribution in [0.4, 0.5) is 8.78 Å². The molecule has 0 N–H and O–H groups in total. The minimum absolute atomic E-state index is 0.325. The van der Waals surface area contributed by atoms with E-state index in [1.54, 1.807) is 19.1 Å². The van der Waals surface area contributed by atoms with Gasteiger partial charge in [0, 0.05) is 5.39 Å². The van der Waals surface area contributed by atoms with Crippen LogP contribution >= 0.6 is 0 Å². The van der Waals surface area contributed by atoms with Crippen molar-refractivity contribution in [2.75, 3.05) is 0 Å². The summed E-state index contributed by atoms with van der Waals surface area (Å²) in [5, 5.41) is 1.04. The maximum Gasteiger partial charge on any atom is 0.166 e. The Morgan fingerprint density at radius 2 is 1.35 bits per heavy atom. The second kappa shape index (κ2) is 4.71. The average Bonchev–Trinajstić information content (AvgIpc) is 2.46. The van der Waals surface area contributed by atoms with Crippen molar-refractivity contribution in [3.63, 3.8) is 0 Å². The molecule has 0 amide bonds. The number of halogens is 2. The molecule has 0 aliphatic rings. The molecule has 0 saturated heterocycles. The third-order valence-electron chi connectivity index (χ3n) is 3.59. The van der Waals surface area contributed by atoms with E-state index in [4.69, 9.17) is 0 Å². The third-order valence-corrected chi connectivity index (χ3v) is 3.59. The van der Waals surface area contributed by atoms with Gasteiger partial charge in [-0.3, -0.25) is 0 Å². The number of fused-ring (bicyclic) bond motifs is 1. The quantitative estimate of drug-likeness (QED) is 0.554. The lowest BCUT2D eigenvalue weighted by Gasteiger charge is -2.08.